The molecule has 0 aliphatic carbocycles. The summed E-state index contributed by atoms with van der Waals surface area (Å²) in [5.41, 5.74) is 4.44. The number of fused-ring (bicyclic) bond motifs is 6. The number of nitrogens with zero attached hydrogens (tertiary/aromatic N) is 5. The fraction of sp³-hybridized carbons (Fsp3) is 0.192. The lowest BCUT2D eigenvalue weighted by Gasteiger charge is -2.19. The molecule has 0 fully saturated rings. The van der Waals surface area contributed by atoms with Gasteiger partial charge in [0.25, 0.3) is 0 Å². The van der Waals surface area contributed by atoms with E-state index < -0.39 is 13.0 Å². The van der Waals surface area contributed by atoms with E-state index in [0.717, 1.165) is 28.0 Å². The van der Waals surface area contributed by atoms with Gasteiger partial charge in [0.2, 0.25) is 0 Å². The van der Waals surface area contributed by atoms with E-state index >= 15 is 4.39 Å². The van der Waals surface area contributed by atoms with Crippen molar-refractivity contribution in [2.45, 2.75) is 18.5 Å². The van der Waals surface area contributed by atoms with Crippen molar-refractivity contribution in [1.29, 1.82) is 0 Å². The summed E-state index contributed by atoms with van der Waals surface area (Å²) in [6, 6.07) is 15.2. The molecule has 7 rings (SSSR count). The van der Waals surface area contributed by atoms with Gasteiger partial charge in [-0.3, -0.25) is 0 Å². The van der Waals surface area contributed by atoms with E-state index in [1.807, 2.05) is 28.9 Å². The lowest BCUT2D eigenvalue weighted by molar-refractivity contribution is 0.495. The average molecular weight is 487 g/mol. The maximum absolute atomic E-state index is 15.3. The van der Waals surface area contributed by atoms with E-state index in [0.29, 0.717) is 23.4 Å². The first-order valence-corrected chi connectivity index (χ1v) is 14.0. The van der Waals surface area contributed by atoms with Crippen LogP contribution >= 0.6 is 7.14 Å². The minimum atomic E-state index is -2.72. The van der Waals surface area contributed by atoms with Crippen molar-refractivity contribution in [3.05, 3.63) is 83.9 Å². The second kappa shape index (κ2) is 6.95. The fourth-order valence-electron chi connectivity index (χ4n) is 5.60. The molecule has 0 spiro atoms. The SMILES string of the molecule is CP(C)(=O)c1ccc(-c2ccc3nc4n(c3c2)[C@H]2C[C@@H]4n3ncnc3-c3cccc(F)c32)cc1F. The molecule has 2 aliphatic heterocycles. The standard InChI is InChI=1S/C26H20F2N5OP/c1-35(2,34)23-9-7-14(10-18(23)28)15-6-8-19-20(11-15)32-21-12-22(26(32)31-19)33-25(29-13-30-33)16-4-3-5-17(27)24(16)21/h3-11,13,21-22H,12H2,1-2H3/t21-,22-/m0/s1. The summed E-state index contributed by atoms with van der Waals surface area (Å²) >= 11 is 0. The minimum Gasteiger partial charge on any atom is -0.319 e. The zero-order chi connectivity index (χ0) is 24.1. The summed E-state index contributed by atoms with van der Waals surface area (Å²) in [7, 11) is -2.72. The molecule has 2 atom stereocenters. The van der Waals surface area contributed by atoms with Crippen LogP contribution in [-0.4, -0.2) is 37.6 Å². The monoisotopic (exact) mass is 487 g/mol. The molecule has 174 valence electrons. The third-order valence-corrected chi connectivity index (χ3v) is 8.65. The van der Waals surface area contributed by atoms with Crippen molar-refractivity contribution in [1.82, 2.24) is 24.3 Å². The van der Waals surface area contributed by atoms with Crippen LogP contribution in [0.3, 0.4) is 0 Å². The Labute approximate surface area is 199 Å². The van der Waals surface area contributed by atoms with Crippen molar-refractivity contribution in [2.24, 2.45) is 0 Å². The van der Waals surface area contributed by atoms with Gasteiger partial charge in [-0.2, -0.15) is 5.10 Å². The normalized spacial score (nSPS) is 18.3. The molecule has 2 aromatic heterocycles. The molecule has 2 aliphatic rings. The largest absolute Gasteiger partial charge is 0.319 e. The van der Waals surface area contributed by atoms with Crippen LogP contribution in [0.1, 0.15) is 29.9 Å². The second-order valence-electron chi connectivity index (χ2n) is 9.56. The number of halogens is 2. The Balaban J connectivity index is 1.45. The van der Waals surface area contributed by atoms with Crippen LogP contribution in [0.15, 0.2) is 60.9 Å². The first kappa shape index (κ1) is 20.7. The van der Waals surface area contributed by atoms with Crippen LogP contribution in [0.25, 0.3) is 33.5 Å². The maximum atomic E-state index is 15.3. The van der Waals surface area contributed by atoms with Crippen LogP contribution in [0.2, 0.25) is 0 Å². The van der Waals surface area contributed by atoms with E-state index in [1.165, 1.54) is 18.5 Å². The summed E-state index contributed by atoms with van der Waals surface area (Å²) in [4.78, 5) is 9.32. The number of aromatic nitrogens is 5. The van der Waals surface area contributed by atoms with Gasteiger partial charge >= 0.3 is 0 Å². The Morgan fingerprint density at radius 2 is 1.77 bits per heavy atom. The average Bonchev–Trinajstić information content (AvgIpc) is 3.49. The molecule has 0 saturated heterocycles. The lowest BCUT2D eigenvalue weighted by atomic mass is 9.97. The van der Waals surface area contributed by atoms with Gasteiger partial charge in [0.1, 0.15) is 37.0 Å². The predicted octanol–water partition coefficient (Wildman–Crippen LogP) is 5.38. The highest BCUT2D eigenvalue weighted by Crippen LogP contribution is 2.49. The summed E-state index contributed by atoms with van der Waals surface area (Å²) in [5.74, 6) is 0.694. The summed E-state index contributed by atoms with van der Waals surface area (Å²) in [6.45, 7) is 3.12. The zero-order valence-electron chi connectivity index (χ0n) is 19.0. The number of hydrogen-bond acceptors (Lipinski definition) is 4. The second-order valence-corrected chi connectivity index (χ2v) is 12.7. The Kier molecular flexibility index (Phi) is 4.11. The topological polar surface area (TPSA) is 65.6 Å². The smallest absolute Gasteiger partial charge is 0.159 e. The van der Waals surface area contributed by atoms with Gasteiger partial charge in [-0.05, 0) is 54.8 Å². The van der Waals surface area contributed by atoms with Crippen LogP contribution in [-0.2, 0) is 4.57 Å². The van der Waals surface area contributed by atoms with Gasteiger partial charge < -0.3 is 9.13 Å². The first-order chi connectivity index (χ1) is 16.8. The van der Waals surface area contributed by atoms with Crippen LogP contribution < -0.4 is 5.30 Å². The van der Waals surface area contributed by atoms with Crippen molar-refractivity contribution in [3.8, 4) is 22.5 Å². The third kappa shape index (κ3) is 2.86. The molecule has 0 amide bonds. The molecule has 35 heavy (non-hydrogen) atoms. The van der Waals surface area contributed by atoms with Crippen molar-refractivity contribution in [2.75, 3.05) is 13.3 Å². The van der Waals surface area contributed by atoms with Crippen LogP contribution in [0.5, 0.6) is 0 Å². The summed E-state index contributed by atoms with van der Waals surface area (Å²) in [6.07, 6.45) is 2.12. The third-order valence-electron chi connectivity index (χ3n) is 7.13. The van der Waals surface area contributed by atoms with Gasteiger partial charge in [-0.15, -0.1) is 0 Å². The number of rotatable bonds is 2. The Morgan fingerprint density at radius 1 is 0.971 bits per heavy atom. The minimum absolute atomic E-state index is 0.167. The molecular formula is C26H20F2N5OP. The predicted molar refractivity (Wildman–Crippen MR) is 131 cm³/mol. The maximum Gasteiger partial charge on any atom is 0.159 e. The van der Waals surface area contributed by atoms with Crippen molar-refractivity contribution in [3.63, 3.8) is 0 Å². The van der Waals surface area contributed by atoms with E-state index in [4.69, 9.17) is 4.98 Å². The fourth-order valence-corrected chi connectivity index (χ4v) is 6.61. The van der Waals surface area contributed by atoms with E-state index in [2.05, 4.69) is 14.6 Å². The quantitative estimate of drug-likeness (QED) is 0.314. The number of imidazole rings is 1. The molecule has 0 radical (unpaired) electrons. The zero-order valence-corrected chi connectivity index (χ0v) is 19.9. The van der Waals surface area contributed by atoms with Gasteiger partial charge in [0.15, 0.2) is 5.82 Å². The van der Waals surface area contributed by atoms with Crippen molar-refractivity contribution >= 4 is 23.5 Å². The highest BCUT2D eigenvalue weighted by atomic mass is 31.2. The summed E-state index contributed by atoms with van der Waals surface area (Å²) in [5, 5.41) is 4.71. The number of hydrogen-bond donors (Lipinski definition) is 0. The van der Waals surface area contributed by atoms with E-state index in [-0.39, 0.29) is 23.2 Å². The molecule has 9 heteroatoms. The Hall–Kier alpha value is -3.64. The van der Waals surface area contributed by atoms with Crippen molar-refractivity contribution < 1.29 is 13.3 Å². The Bertz CT molecular complexity index is 1730. The molecule has 2 bridgehead atoms. The van der Waals surface area contributed by atoms with Gasteiger partial charge in [0, 0.05) is 22.9 Å². The van der Waals surface area contributed by atoms with Gasteiger partial charge in [0.05, 0.1) is 17.1 Å². The highest BCUT2D eigenvalue weighted by molar-refractivity contribution is 7.70. The molecular weight excluding hydrogens is 467 g/mol. The van der Waals surface area contributed by atoms with E-state index in [9.17, 15) is 8.96 Å². The highest BCUT2D eigenvalue weighted by Gasteiger charge is 2.42. The molecule has 0 N–H and O–H groups in total. The molecule has 0 saturated carbocycles. The van der Waals surface area contributed by atoms with Gasteiger partial charge in [-0.25, -0.2) is 23.4 Å². The lowest BCUT2D eigenvalue weighted by Crippen LogP contribution is -2.13. The molecule has 6 nitrogen and oxygen atoms in total. The summed E-state index contributed by atoms with van der Waals surface area (Å²) < 4.78 is 46.4. The van der Waals surface area contributed by atoms with Crippen LogP contribution in [0.4, 0.5) is 8.78 Å². The molecule has 0 unspecified atom stereocenters. The van der Waals surface area contributed by atoms with E-state index in [1.54, 1.807) is 31.5 Å². The molecule has 4 heterocycles. The number of benzene rings is 3. The molecule has 3 aromatic carbocycles. The van der Waals surface area contributed by atoms with Gasteiger partial charge in [-0.1, -0.05) is 24.3 Å². The van der Waals surface area contributed by atoms with Crippen LogP contribution in [0, 0.1) is 11.6 Å². The Morgan fingerprint density at radius 3 is 2.57 bits per heavy atom. The molecule has 5 aromatic rings. The first-order valence-electron chi connectivity index (χ1n) is 11.4.